The number of ether oxygens (including phenoxy) is 1. The van der Waals surface area contributed by atoms with Crippen molar-refractivity contribution in [1.82, 2.24) is 20.2 Å². The molecule has 0 radical (unpaired) electrons. The third kappa shape index (κ3) is 2.15. The van der Waals surface area contributed by atoms with Crippen molar-refractivity contribution in [3.8, 4) is 0 Å². The zero-order valence-electron chi connectivity index (χ0n) is 5.69. The first-order chi connectivity index (χ1) is 5.22. The van der Waals surface area contributed by atoms with Crippen LogP contribution in [-0.4, -0.2) is 33.3 Å². The quantitative estimate of drug-likeness (QED) is 0.568. The van der Waals surface area contributed by atoms with E-state index in [0.29, 0.717) is 0 Å². The molecule has 1 aromatic rings. The fourth-order valence-corrected chi connectivity index (χ4v) is 0.592. The van der Waals surface area contributed by atoms with E-state index in [0.717, 1.165) is 4.80 Å². The van der Waals surface area contributed by atoms with Crippen LogP contribution in [0.3, 0.4) is 0 Å². The summed E-state index contributed by atoms with van der Waals surface area (Å²) in [5, 5.41) is 10.4. The van der Waals surface area contributed by atoms with Crippen LogP contribution in [0.2, 0.25) is 5.28 Å². The van der Waals surface area contributed by atoms with Gasteiger partial charge in [0.1, 0.15) is 0 Å². The monoisotopic (exact) mass is 176 g/mol. The van der Waals surface area contributed by atoms with Gasteiger partial charge in [-0.2, -0.15) is 4.80 Å². The van der Waals surface area contributed by atoms with Crippen LogP contribution in [0.25, 0.3) is 0 Å². The largest absolute Gasteiger partial charge is 0.468 e. The van der Waals surface area contributed by atoms with Gasteiger partial charge in [-0.25, -0.2) is 4.79 Å². The predicted octanol–water partition coefficient (Wildman–Crippen LogP) is -0.501. The minimum Gasteiger partial charge on any atom is -0.468 e. The maximum atomic E-state index is 10.6. The lowest BCUT2D eigenvalue weighted by Gasteiger charge is -1.94. The van der Waals surface area contributed by atoms with E-state index in [1.807, 2.05) is 0 Å². The number of methoxy groups -OCH3 is 1. The zero-order valence-corrected chi connectivity index (χ0v) is 6.45. The van der Waals surface area contributed by atoms with E-state index < -0.39 is 5.97 Å². The van der Waals surface area contributed by atoms with Crippen LogP contribution in [-0.2, 0) is 16.1 Å². The molecule has 0 aliphatic heterocycles. The van der Waals surface area contributed by atoms with E-state index in [-0.39, 0.29) is 11.8 Å². The summed E-state index contributed by atoms with van der Waals surface area (Å²) in [5.41, 5.74) is 0. The number of rotatable bonds is 2. The van der Waals surface area contributed by atoms with Gasteiger partial charge in [0.15, 0.2) is 6.54 Å². The number of tetrazole rings is 1. The van der Waals surface area contributed by atoms with Crippen LogP contribution in [0.4, 0.5) is 0 Å². The van der Waals surface area contributed by atoms with E-state index in [1.165, 1.54) is 7.11 Å². The molecule has 60 valence electrons. The molecule has 1 rings (SSSR count). The second-order valence-corrected chi connectivity index (χ2v) is 2.00. The molecule has 0 unspecified atom stereocenters. The fourth-order valence-electron chi connectivity index (χ4n) is 0.471. The number of hydrogen-bond donors (Lipinski definition) is 0. The van der Waals surface area contributed by atoms with Crippen LogP contribution in [0.5, 0.6) is 0 Å². The number of aromatic nitrogens is 4. The van der Waals surface area contributed by atoms with Gasteiger partial charge in [-0.1, -0.05) is 5.10 Å². The molecule has 1 heterocycles. The summed E-state index contributed by atoms with van der Waals surface area (Å²) in [6.45, 7) is -0.0732. The standard InChI is InChI=1S/C4H5ClN4O2/c1-11-3(10)2-9-7-4(5)6-8-9/h2H2,1H3. The summed E-state index contributed by atoms with van der Waals surface area (Å²) < 4.78 is 4.35. The first kappa shape index (κ1) is 7.93. The number of esters is 1. The Morgan fingerprint density at radius 1 is 1.82 bits per heavy atom. The van der Waals surface area contributed by atoms with Gasteiger partial charge < -0.3 is 4.74 Å². The van der Waals surface area contributed by atoms with E-state index in [1.54, 1.807) is 0 Å². The van der Waals surface area contributed by atoms with Crippen LogP contribution < -0.4 is 0 Å². The molecule has 11 heavy (non-hydrogen) atoms. The van der Waals surface area contributed by atoms with Crippen LogP contribution in [0.15, 0.2) is 0 Å². The van der Waals surface area contributed by atoms with Crippen molar-refractivity contribution < 1.29 is 9.53 Å². The Kier molecular flexibility index (Phi) is 2.37. The molecule has 0 N–H and O–H groups in total. The lowest BCUT2D eigenvalue weighted by molar-refractivity contribution is -0.141. The van der Waals surface area contributed by atoms with Gasteiger partial charge in [-0.15, -0.1) is 5.10 Å². The van der Waals surface area contributed by atoms with Gasteiger partial charge >= 0.3 is 5.97 Å². The van der Waals surface area contributed by atoms with Gasteiger partial charge in [0.25, 0.3) is 5.28 Å². The Labute approximate surface area is 67.1 Å². The second kappa shape index (κ2) is 3.29. The third-order valence-corrected chi connectivity index (χ3v) is 1.08. The maximum Gasteiger partial charge on any atom is 0.329 e. The van der Waals surface area contributed by atoms with Crippen molar-refractivity contribution >= 4 is 17.6 Å². The minimum atomic E-state index is -0.445. The van der Waals surface area contributed by atoms with Gasteiger partial charge in [0.05, 0.1) is 7.11 Å². The summed E-state index contributed by atoms with van der Waals surface area (Å²) in [4.78, 5) is 11.6. The molecule has 0 aliphatic carbocycles. The molecule has 0 saturated carbocycles. The molecule has 6 nitrogen and oxygen atoms in total. The van der Waals surface area contributed by atoms with Crippen molar-refractivity contribution in [2.24, 2.45) is 0 Å². The van der Waals surface area contributed by atoms with Crippen molar-refractivity contribution in [3.05, 3.63) is 5.28 Å². The molecule has 0 aliphatic rings. The molecule has 0 atom stereocenters. The summed E-state index contributed by atoms with van der Waals surface area (Å²) in [6.07, 6.45) is 0. The average molecular weight is 177 g/mol. The van der Waals surface area contributed by atoms with E-state index in [4.69, 9.17) is 11.6 Å². The Balaban J connectivity index is 2.57. The zero-order chi connectivity index (χ0) is 8.27. The van der Waals surface area contributed by atoms with E-state index in [2.05, 4.69) is 20.1 Å². The van der Waals surface area contributed by atoms with Crippen molar-refractivity contribution in [1.29, 1.82) is 0 Å². The molecule has 0 bridgehead atoms. The van der Waals surface area contributed by atoms with Crippen LogP contribution in [0.1, 0.15) is 0 Å². The first-order valence-corrected chi connectivity index (χ1v) is 3.10. The van der Waals surface area contributed by atoms with Crippen LogP contribution >= 0.6 is 11.6 Å². The molecule has 7 heteroatoms. The summed E-state index contributed by atoms with van der Waals surface area (Å²) in [7, 11) is 1.28. The van der Waals surface area contributed by atoms with Crippen molar-refractivity contribution in [2.45, 2.75) is 6.54 Å². The normalized spacial score (nSPS) is 9.64. The molecule has 0 amide bonds. The van der Waals surface area contributed by atoms with E-state index >= 15 is 0 Å². The molecule has 1 aromatic heterocycles. The Bertz CT molecular complexity index is 260. The topological polar surface area (TPSA) is 69.9 Å². The van der Waals surface area contributed by atoms with Gasteiger partial charge in [-0.05, 0) is 16.8 Å². The Morgan fingerprint density at radius 3 is 3.00 bits per heavy atom. The minimum absolute atomic E-state index is 0.00824. The Hall–Kier alpha value is -1.17. The molecular weight excluding hydrogens is 172 g/mol. The fraction of sp³-hybridized carbons (Fsp3) is 0.500. The third-order valence-electron chi connectivity index (χ3n) is 0.927. The number of nitrogens with zero attached hydrogens (tertiary/aromatic N) is 4. The highest BCUT2D eigenvalue weighted by Gasteiger charge is 2.04. The highest BCUT2D eigenvalue weighted by atomic mass is 35.5. The molecule has 0 spiro atoms. The molecule has 0 saturated heterocycles. The highest BCUT2D eigenvalue weighted by molar-refractivity contribution is 6.28. The van der Waals surface area contributed by atoms with Crippen molar-refractivity contribution in [2.75, 3.05) is 7.11 Å². The first-order valence-electron chi connectivity index (χ1n) is 2.72. The Morgan fingerprint density at radius 2 is 2.55 bits per heavy atom. The number of carbonyl (C=O) groups excluding carboxylic acids is 1. The van der Waals surface area contributed by atoms with Crippen molar-refractivity contribution in [3.63, 3.8) is 0 Å². The number of halogens is 1. The SMILES string of the molecule is COC(=O)Cn1nnc(Cl)n1. The molecular formula is C4H5ClN4O2. The van der Waals surface area contributed by atoms with Gasteiger partial charge in [0.2, 0.25) is 0 Å². The smallest absolute Gasteiger partial charge is 0.329 e. The number of carbonyl (C=O) groups is 1. The lowest BCUT2D eigenvalue weighted by atomic mass is 10.7. The lowest BCUT2D eigenvalue weighted by Crippen LogP contribution is -2.13. The second-order valence-electron chi connectivity index (χ2n) is 1.67. The van der Waals surface area contributed by atoms with E-state index in [9.17, 15) is 4.79 Å². The average Bonchev–Trinajstić information content (AvgIpc) is 2.35. The molecule has 0 aromatic carbocycles. The number of hydrogen-bond acceptors (Lipinski definition) is 5. The van der Waals surface area contributed by atoms with Crippen LogP contribution in [0, 0.1) is 0 Å². The maximum absolute atomic E-state index is 10.6. The molecule has 0 fully saturated rings. The van der Waals surface area contributed by atoms with Gasteiger partial charge in [-0.3, -0.25) is 0 Å². The predicted molar refractivity (Wildman–Crippen MR) is 34.8 cm³/mol. The summed E-state index contributed by atoms with van der Waals surface area (Å²) >= 11 is 5.33. The summed E-state index contributed by atoms with van der Waals surface area (Å²) in [5.74, 6) is -0.445. The van der Waals surface area contributed by atoms with Gasteiger partial charge in [0, 0.05) is 0 Å². The highest BCUT2D eigenvalue weighted by Crippen LogP contribution is 1.93. The summed E-state index contributed by atoms with van der Waals surface area (Å²) in [6, 6.07) is 0.